The Morgan fingerprint density at radius 1 is 1.12 bits per heavy atom. The molecule has 0 aromatic rings. The Hall–Kier alpha value is -0.650. The van der Waals surface area contributed by atoms with Gasteiger partial charge in [-0.15, -0.1) is 0 Å². The summed E-state index contributed by atoms with van der Waals surface area (Å²) in [4.78, 5) is 20.3. The van der Waals surface area contributed by atoms with E-state index in [1.54, 1.807) is 0 Å². The molecule has 5 heteroatoms. The lowest BCUT2D eigenvalue weighted by Crippen LogP contribution is -2.65. The van der Waals surface area contributed by atoms with Crippen LogP contribution in [0.25, 0.3) is 0 Å². The highest BCUT2D eigenvalue weighted by atomic mass is 16.5. The van der Waals surface area contributed by atoms with E-state index in [4.69, 9.17) is 4.74 Å². The summed E-state index contributed by atoms with van der Waals surface area (Å²) in [7, 11) is 4.45. The van der Waals surface area contributed by atoms with Crippen LogP contribution < -0.4 is 0 Å². The number of amides is 1. The zero-order valence-electron chi connectivity index (χ0n) is 16.0. The van der Waals surface area contributed by atoms with Crippen molar-refractivity contribution in [1.82, 2.24) is 14.7 Å². The molecule has 1 spiro atoms. The van der Waals surface area contributed by atoms with E-state index in [1.165, 1.54) is 12.8 Å². The van der Waals surface area contributed by atoms with Gasteiger partial charge in [0.25, 0.3) is 0 Å². The van der Waals surface area contributed by atoms with Crippen molar-refractivity contribution in [1.29, 1.82) is 0 Å². The fourth-order valence-electron chi connectivity index (χ4n) is 4.60. The summed E-state index contributed by atoms with van der Waals surface area (Å²) in [6.45, 7) is 10.2. The van der Waals surface area contributed by atoms with Crippen LogP contribution in [0, 0.1) is 11.8 Å². The van der Waals surface area contributed by atoms with E-state index in [0.29, 0.717) is 11.8 Å². The summed E-state index contributed by atoms with van der Waals surface area (Å²) in [5.41, 5.74) is 0.197. The molecule has 0 aromatic carbocycles. The van der Waals surface area contributed by atoms with E-state index in [0.717, 1.165) is 52.2 Å². The lowest BCUT2D eigenvalue weighted by atomic mass is 9.82. The number of piperidine rings is 1. The first-order valence-electron chi connectivity index (χ1n) is 9.71. The average molecular weight is 338 g/mol. The van der Waals surface area contributed by atoms with Crippen molar-refractivity contribution in [2.75, 3.05) is 53.4 Å². The molecule has 138 valence electrons. The van der Waals surface area contributed by atoms with Crippen LogP contribution in [-0.4, -0.2) is 85.7 Å². The predicted molar refractivity (Wildman–Crippen MR) is 96.0 cm³/mol. The summed E-state index contributed by atoms with van der Waals surface area (Å²) in [5.74, 6) is 1.04. The molecule has 3 saturated heterocycles. The highest BCUT2D eigenvalue weighted by Gasteiger charge is 2.44. The first kappa shape index (κ1) is 18.2. The van der Waals surface area contributed by atoms with E-state index in [2.05, 4.69) is 42.6 Å². The molecule has 2 atom stereocenters. The summed E-state index contributed by atoms with van der Waals surface area (Å²) in [6, 6.07) is 0. The summed E-state index contributed by atoms with van der Waals surface area (Å²) >= 11 is 0. The van der Waals surface area contributed by atoms with Gasteiger partial charge in [-0.25, -0.2) is 0 Å². The quantitative estimate of drug-likeness (QED) is 0.768. The number of hydrogen-bond donors (Lipinski definition) is 0. The van der Waals surface area contributed by atoms with E-state index in [9.17, 15) is 4.79 Å². The van der Waals surface area contributed by atoms with Gasteiger partial charge >= 0.3 is 0 Å². The third-order valence-electron chi connectivity index (χ3n) is 6.64. The normalized spacial score (nSPS) is 32.5. The van der Waals surface area contributed by atoms with Gasteiger partial charge in [0.1, 0.15) is 0 Å². The lowest BCUT2D eigenvalue weighted by Gasteiger charge is -2.53. The molecular weight excluding hydrogens is 302 g/mol. The number of likely N-dealkylation sites (N-methyl/N-ethyl adjacent to an activating group) is 1. The Kier molecular flexibility index (Phi) is 5.52. The zero-order valence-corrected chi connectivity index (χ0v) is 16.0. The fourth-order valence-corrected chi connectivity index (χ4v) is 4.60. The maximum atomic E-state index is 13.2. The molecule has 0 N–H and O–H groups in total. The van der Waals surface area contributed by atoms with Gasteiger partial charge < -0.3 is 14.5 Å². The second-order valence-corrected chi connectivity index (χ2v) is 8.58. The van der Waals surface area contributed by atoms with Crippen LogP contribution in [0.4, 0.5) is 0 Å². The maximum Gasteiger partial charge on any atom is 0.225 e. The van der Waals surface area contributed by atoms with Crippen LogP contribution in [-0.2, 0) is 9.53 Å². The molecule has 3 rings (SSSR count). The molecule has 3 aliphatic rings. The number of piperazine rings is 1. The molecule has 0 radical (unpaired) electrons. The van der Waals surface area contributed by atoms with Gasteiger partial charge in [-0.1, -0.05) is 13.8 Å². The minimum Gasteiger partial charge on any atom is -0.378 e. The highest BCUT2D eigenvalue weighted by molar-refractivity contribution is 5.79. The van der Waals surface area contributed by atoms with E-state index < -0.39 is 0 Å². The van der Waals surface area contributed by atoms with Crippen molar-refractivity contribution < 1.29 is 9.53 Å². The molecule has 0 aromatic heterocycles. The van der Waals surface area contributed by atoms with Crippen LogP contribution in [0.2, 0.25) is 0 Å². The minimum absolute atomic E-state index is 0.165. The number of likely N-dealkylation sites (tertiary alicyclic amines) is 1. The first-order chi connectivity index (χ1) is 11.4. The average Bonchev–Trinajstić information content (AvgIpc) is 2.59. The molecule has 5 nitrogen and oxygen atoms in total. The Bertz CT molecular complexity index is 446. The van der Waals surface area contributed by atoms with Gasteiger partial charge in [0.15, 0.2) is 0 Å². The molecule has 0 saturated carbocycles. The molecule has 3 heterocycles. The van der Waals surface area contributed by atoms with Gasteiger partial charge in [-0.05, 0) is 58.8 Å². The van der Waals surface area contributed by atoms with E-state index in [1.807, 2.05) is 0 Å². The third-order valence-corrected chi connectivity index (χ3v) is 6.64. The lowest BCUT2D eigenvalue weighted by molar-refractivity contribution is -0.148. The SMILES string of the molecule is CC(C)[C@@H]1C[C@@H](C(=O)N2CCN(C)C3(CCN(C)CC3)C2)CCO1. The predicted octanol–water partition coefficient (Wildman–Crippen LogP) is 1.68. The highest BCUT2D eigenvalue weighted by Crippen LogP contribution is 2.33. The van der Waals surface area contributed by atoms with Crippen molar-refractivity contribution in [3.63, 3.8) is 0 Å². The Labute approximate surface area is 147 Å². The van der Waals surface area contributed by atoms with Crippen LogP contribution >= 0.6 is 0 Å². The molecule has 1 amide bonds. The number of carbonyl (C=O) groups excluding carboxylic acids is 1. The summed E-state index contributed by atoms with van der Waals surface area (Å²) in [5, 5.41) is 0. The van der Waals surface area contributed by atoms with E-state index >= 15 is 0 Å². The largest absolute Gasteiger partial charge is 0.378 e. The van der Waals surface area contributed by atoms with Crippen LogP contribution in [0.5, 0.6) is 0 Å². The number of nitrogens with zero attached hydrogens (tertiary/aromatic N) is 3. The number of rotatable bonds is 2. The first-order valence-corrected chi connectivity index (χ1v) is 9.71. The summed E-state index contributed by atoms with van der Waals surface area (Å²) < 4.78 is 5.86. The van der Waals surface area contributed by atoms with Crippen molar-refractivity contribution in [2.24, 2.45) is 11.8 Å². The van der Waals surface area contributed by atoms with Gasteiger partial charge in [0.2, 0.25) is 5.91 Å². The van der Waals surface area contributed by atoms with Gasteiger partial charge in [0, 0.05) is 37.7 Å². The molecular formula is C19H35N3O2. The van der Waals surface area contributed by atoms with Crippen molar-refractivity contribution in [3.05, 3.63) is 0 Å². The van der Waals surface area contributed by atoms with Gasteiger partial charge in [-0.2, -0.15) is 0 Å². The third kappa shape index (κ3) is 3.63. The minimum atomic E-state index is 0.165. The Morgan fingerprint density at radius 2 is 1.83 bits per heavy atom. The van der Waals surface area contributed by atoms with Crippen molar-refractivity contribution in [3.8, 4) is 0 Å². The second-order valence-electron chi connectivity index (χ2n) is 8.58. The smallest absolute Gasteiger partial charge is 0.225 e. The van der Waals surface area contributed by atoms with Crippen LogP contribution in [0.3, 0.4) is 0 Å². The molecule has 3 fully saturated rings. The molecule has 24 heavy (non-hydrogen) atoms. The Morgan fingerprint density at radius 3 is 2.50 bits per heavy atom. The molecule has 0 unspecified atom stereocenters. The van der Waals surface area contributed by atoms with Gasteiger partial charge in [-0.3, -0.25) is 9.69 Å². The monoisotopic (exact) mass is 337 g/mol. The Balaban J connectivity index is 1.65. The van der Waals surface area contributed by atoms with Crippen molar-refractivity contribution >= 4 is 5.91 Å². The summed E-state index contributed by atoms with van der Waals surface area (Å²) in [6.07, 6.45) is 4.39. The molecule has 3 aliphatic heterocycles. The molecule has 0 bridgehead atoms. The van der Waals surface area contributed by atoms with Gasteiger partial charge in [0.05, 0.1) is 6.10 Å². The number of ether oxygens (including phenoxy) is 1. The molecule has 0 aliphatic carbocycles. The zero-order chi connectivity index (χ0) is 17.3. The standard InChI is InChI=1S/C19H35N3O2/c1-15(2)17-13-16(5-12-24-17)18(23)22-11-10-21(4)19(14-22)6-8-20(3)9-7-19/h15-17H,5-14H2,1-4H3/t16-,17-/m0/s1. The number of hydrogen-bond acceptors (Lipinski definition) is 4. The van der Waals surface area contributed by atoms with E-state index in [-0.39, 0.29) is 17.6 Å². The maximum absolute atomic E-state index is 13.2. The fraction of sp³-hybridized carbons (Fsp3) is 0.947. The second kappa shape index (κ2) is 7.30. The van der Waals surface area contributed by atoms with Crippen LogP contribution in [0.15, 0.2) is 0 Å². The van der Waals surface area contributed by atoms with Crippen molar-refractivity contribution in [2.45, 2.75) is 51.2 Å². The topological polar surface area (TPSA) is 36.0 Å². The number of carbonyl (C=O) groups is 1. The van der Waals surface area contributed by atoms with Crippen LogP contribution in [0.1, 0.15) is 39.5 Å².